The second-order valence-corrected chi connectivity index (χ2v) is 11.0. The fraction of sp³-hybridized carbons (Fsp3) is 0.360. The summed E-state index contributed by atoms with van der Waals surface area (Å²) in [6.07, 6.45) is -1.24. The molecule has 35 heavy (non-hydrogen) atoms. The minimum atomic E-state index is -1.79. The lowest BCUT2D eigenvalue weighted by Crippen LogP contribution is -2.60. The van der Waals surface area contributed by atoms with Crippen LogP contribution in [0.4, 0.5) is 13.6 Å². The Bertz CT molecular complexity index is 1280. The van der Waals surface area contributed by atoms with Crippen molar-refractivity contribution in [2.45, 2.75) is 44.8 Å². The van der Waals surface area contributed by atoms with Crippen LogP contribution in [0.3, 0.4) is 0 Å². The van der Waals surface area contributed by atoms with Gasteiger partial charge in [0.15, 0.2) is 17.4 Å². The highest BCUT2D eigenvalue weighted by atomic mass is 79.9. The van der Waals surface area contributed by atoms with E-state index in [2.05, 4.69) is 21.1 Å². The van der Waals surface area contributed by atoms with E-state index < -0.39 is 40.7 Å². The summed E-state index contributed by atoms with van der Waals surface area (Å²) >= 11 is 9.89. The number of hydrogen-bond acceptors (Lipinski definition) is 4. The van der Waals surface area contributed by atoms with Gasteiger partial charge < -0.3 is 19.6 Å². The van der Waals surface area contributed by atoms with Crippen LogP contribution in [0.25, 0.3) is 11.3 Å². The number of amides is 1. The van der Waals surface area contributed by atoms with Crippen molar-refractivity contribution in [2.24, 2.45) is 5.41 Å². The van der Waals surface area contributed by atoms with Crippen LogP contribution in [0.2, 0.25) is 5.02 Å². The number of hydrogen-bond donors (Lipinski definition) is 2. The van der Waals surface area contributed by atoms with Crippen molar-refractivity contribution in [2.75, 3.05) is 6.54 Å². The Balaban J connectivity index is 1.97. The van der Waals surface area contributed by atoms with Crippen molar-refractivity contribution >= 4 is 33.6 Å². The van der Waals surface area contributed by atoms with E-state index in [4.69, 9.17) is 16.1 Å². The fourth-order valence-electron chi connectivity index (χ4n) is 4.96. The van der Waals surface area contributed by atoms with Gasteiger partial charge in [0.1, 0.15) is 11.3 Å². The number of aliphatic hydroxyl groups is 1. The minimum Gasteiger partial charge on any atom is -0.465 e. The number of carboxylic acid groups (broad SMARTS) is 1. The van der Waals surface area contributed by atoms with Gasteiger partial charge in [-0.15, -0.1) is 0 Å². The Labute approximate surface area is 214 Å². The van der Waals surface area contributed by atoms with Gasteiger partial charge in [-0.2, -0.15) is 0 Å². The first-order valence-electron chi connectivity index (χ1n) is 10.9. The van der Waals surface area contributed by atoms with E-state index >= 15 is 0 Å². The van der Waals surface area contributed by atoms with Crippen LogP contribution in [0.15, 0.2) is 51.5 Å². The summed E-state index contributed by atoms with van der Waals surface area (Å²) in [6, 6.07) is 9.38. The second-order valence-electron chi connectivity index (χ2n) is 9.76. The number of rotatable bonds is 3. The molecule has 2 N–H and O–H groups in total. The molecule has 2 heterocycles. The van der Waals surface area contributed by atoms with Gasteiger partial charge in [0.05, 0.1) is 21.5 Å². The largest absolute Gasteiger partial charge is 0.465 e. The SMILES string of the molecule is CC(C)(C)C1[C@H](c2onc(-c3ccccc3Cl)c2Br)[C@@](O)(c2ccc(F)c(F)c2)CCN1C(=O)O. The number of nitrogens with zero attached hydrogens (tertiary/aromatic N) is 2. The summed E-state index contributed by atoms with van der Waals surface area (Å²) in [5, 5.41) is 26.7. The van der Waals surface area contributed by atoms with Gasteiger partial charge in [-0.25, -0.2) is 13.6 Å². The number of halogens is 4. The molecule has 0 aliphatic carbocycles. The molecule has 1 saturated heterocycles. The third-order valence-electron chi connectivity index (χ3n) is 6.52. The molecule has 1 unspecified atom stereocenters. The minimum absolute atomic E-state index is 0.0214. The molecule has 4 rings (SSSR count). The first-order valence-corrected chi connectivity index (χ1v) is 12.1. The van der Waals surface area contributed by atoms with Crippen LogP contribution < -0.4 is 0 Å². The first kappa shape index (κ1) is 25.6. The van der Waals surface area contributed by atoms with Crippen LogP contribution in [0, 0.1) is 17.0 Å². The van der Waals surface area contributed by atoms with E-state index in [-0.39, 0.29) is 24.3 Å². The van der Waals surface area contributed by atoms with Crippen LogP contribution >= 0.6 is 27.5 Å². The molecule has 2 aromatic carbocycles. The quantitative estimate of drug-likeness (QED) is 0.362. The van der Waals surface area contributed by atoms with Crippen molar-refractivity contribution in [3.05, 3.63) is 74.9 Å². The van der Waals surface area contributed by atoms with E-state index in [1.54, 1.807) is 24.3 Å². The lowest BCUT2D eigenvalue weighted by molar-refractivity contribution is -0.0977. The van der Waals surface area contributed by atoms with Crippen molar-refractivity contribution in [3.8, 4) is 11.3 Å². The number of piperidine rings is 1. The highest BCUT2D eigenvalue weighted by molar-refractivity contribution is 9.10. The Hall–Kier alpha value is -2.49. The highest BCUT2D eigenvalue weighted by Crippen LogP contribution is 2.54. The number of carbonyl (C=O) groups is 1. The molecule has 0 radical (unpaired) electrons. The summed E-state index contributed by atoms with van der Waals surface area (Å²) in [6.45, 7) is 5.51. The molecule has 0 saturated carbocycles. The molecule has 0 bridgehead atoms. The zero-order valence-corrected chi connectivity index (χ0v) is 21.6. The molecular weight excluding hydrogens is 546 g/mol. The van der Waals surface area contributed by atoms with Crippen molar-refractivity contribution in [1.82, 2.24) is 10.1 Å². The summed E-state index contributed by atoms with van der Waals surface area (Å²) < 4.78 is 34.2. The molecule has 10 heteroatoms. The maximum atomic E-state index is 14.3. The number of benzene rings is 2. The predicted molar refractivity (Wildman–Crippen MR) is 130 cm³/mol. The third kappa shape index (κ3) is 4.45. The molecule has 3 aromatic rings. The smallest absolute Gasteiger partial charge is 0.407 e. The molecule has 1 fully saturated rings. The molecule has 1 aliphatic heterocycles. The monoisotopic (exact) mass is 568 g/mol. The summed E-state index contributed by atoms with van der Waals surface area (Å²) in [7, 11) is 0. The Kier molecular flexibility index (Phi) is 6.72. The average Bonchev–Trinajstić information content (AvgIpc) is 3.15. The standard InChI is InChI=1S/C25H24BrClF2N2O4/c1-24(2,3)22-18(21-19(26)20(30-35-21)14-6-4-5-7-15(14)27)25(34,10-11-31(22)23(32)33)13-8-9-16(28)17(29)12-13/h4-9,12,18,22,34H,10-11H2,1-3H3,(H,32,33)/t18-,22?,25-/m0/s1. The van der Waals surface area contributed by atoms with Gasteiger partial charge in [-0.05, 0) is 51.5 Å². The number of likely N-dealkylation sites (tertiary alicyclic amines) is 1. The van der Waals surface area contributed by atoms with Crippen LogP contribution in [-0.4, -0.2) is 38.9 Å². The Morgan fingerprint density at radius 2 is 1.91 bits per heavy atom. The molecule has 186 valence electrons. The third-order valence-corrected chi connectivity index (χ3v) is 7.62. The fourth-order valence-corrected chi connectivity index (χ4v) is 5.79. The normalized spacial score (nSPS) is 22.9. The van der Waals surface area contributed by atoms with Crippen LogP contribution in [0.5, 0.6) is 0 Å². The topological polar surface area (TPSA) is 86.8 Å². The van der Waals surface area contributed by atoms with E-state index in [1.165, 1.54) is 11.0 Å². The molecular formula is C25H24BrClF2N2O4. The second kappa shape index (κ2) is 9.19. The summed E-state index contributed by atoms with van der Waals surface area (Å²) in [5.41, 5.74) is -1.42. The van der Waals surface area contributed by atoms with Crippen molar-refractivity contribution < 1.29 is 28.3 Å². The molecule has 1 amide bonds. The Morgan fingerprint density at radius 3 is 2.51 bits per heavy atom. The van der Waals surface area contributed by atoms with E-state index in [1.807, 2.05) is 20.8 Å². The highest BCUT2D eigenvalue weighted by Gasteiger charge is 2.56. The number of aromatic nitrogens is 1. The van der Waals surface area contributed by atoms with Crippen LogP contribution in [-0.2, 0) is 5.60 Å². The van der Waals surface area contributed by atoms with Crippen molar-refractivity contribution in [3.63, 3.8) is 0 Å². The van der Waals surface area contributed by atoms with Gasteiger partial charge in [-0.1, -0.05) is 61.8 Å². The van der Waals surface area contributed by atoms with Gasteiger partial charge in [0.25, 0.3) is 0 Å². The van der Waals surface area contributed by atoms with Gasteiger partial charge in [0.2, 0.25) is 0 Å². The first-order chi connectivity index (χ1) is 16.4. The lowest BCUT2D eigenvalue weighted by atomic mass is 9.64. The van der Waals surface area contributed by atoms with Crippen molar-refractivity contribution in [1.29, 1.82) is 0 Å². The summed E-state index contributed by atoms with van der Waals surface area (Å²) in [5.74, 6) is -3.00. The molecule has 1 aliphatic rings. The summed E-state index contributed by atoms with van der Waals surface area (Å²) in [4.78, 5) is 13.5. The molecule has 6 nitrogen and oxygen atoms in total. The zero-order chi connectivity index (χ0) is 25.7. The lowest BCUT2D eigenvalue weighted by Gasteiger charge is -2.53. The average molecular weight is 570 g/mol. The maximum Gasteiger partial charge on any atom is 0.407 e. The predicted octanol–water partition coefficient (Wildman–Crippen LogP) is 6.81. The Morgan fingerprint density at radius 1 is 1.23 bits per heavy atom. The van der Waals surface area contributed by atoms with Gasteiger partial charge in [0, 0.05) is 12.1 Å². The van der Waals surface area contributed by atoms with Crippen LogP contribution in [0.1, 0.15) is 44.4 Å². The molecule has 0 spiro atoms. The van der Waals surface area contributed by atoms with E-state index in [0.717, 1.165) is 12.1 Å². The van der Waals surface area contributed by atoms with Gasteiger partial charge >= 0.3 is 6.09 Å². The molecule has 1 aromatic heterocycles. The zero-order valence-electron chi connectivity index (χ0n) is 19.2. The molecule has 3 atom stereocenters. The maximum absolute atomic E-state index is 14.3. The van der Waals surface area contributed by atoms with E-state index in [9.17, 15) is 23.8 Å². The van der Waals surface area contributed by atoms with E-state index in [0.29, 0.717) is 20.8 Å². The van der Waals surface area contributed by atoms with Gasteiger partial charge in [-0.3, -0.25) is 0 Å².